The smallest absolute Gasteiger partial charge is 0.244 e. The Morgan fingerprint density at radius 2 is 1.65 bits per heavy atom. The first-order valence-electron chi connectivity index (χ1n) is 12.1. The maximum atomic E-state index is 13.0. The molecule has 37 heavy (non-hydrogen) atoms. The first-order valence-corrected chi connectivity index (χ1v) is 15.4. The minimum absolute atomic E-state index is 0.125. The monoisotopic (exact) mass is 553 g/mol. The van der Waals surface area contributed by atoms with Gasteiger partial charge in [-0.3, -0.25) is 9.10 Å². The molecule has 1 aliphatic rings. The second kappa shape index (κ2) is 12.2. The fraction of sp³-hybridized carbons (Fsp3) is 0.480. The number of sulfonamides is 2. The van der Waals surface area contributed by atoms with Crippen molar-refractivity contribution in [2.75, 3.05) is 50.0 Å². The van der Waals surface area contributed by atoms with Crippen LogP contribution in [0.4, 0.5) is 5.69 Å². The molecule has 0 radical (unpaired) electrons. The molecule has 1 atom stereocenters. The summed E-state index contributed by atoms with van der Waals surface area (Å²) in [6.45, 7) is 7.16. The topological polar surface area (TPSA) is 122 Å². The van der Waals surface area contributed by atoms with Crippen molar-refractivity contribution >= 4 is 31.6 Å². The summed E-state index contributed by atoms with van der Waals surface area (Å²) in [7, 11) is -7.31. The first-order chi connectivity index (χ1) is 17.4. The van der Waals surface area contributed by atoms with Crippen LogP contribution < -0.4 is 14.4 Å². The molecule has 0 aromatic heterocycles. The van der Waals surface area contributed by atoms with Gasteiger partial charge in [0.05, 0.1) is 36.6 Å². The van der Waals surface area contributed by atoms with Crippen molar-refractivity contribution < 1.29 is 31.1 Å². The highest BCUT2D eigenvalue weighted by Crippen LogP contribution is 2.25. The van der Waals surface area contributed by atoms with E-state index in [0.29, 0.717) is 37.7 Å². The molecular formula is C25H35N3O7S2. The van der Waals surface area contributed by atoms with E-state index < -0.39 is 32.0 Å². The van der Waals surface area contributed by atoms with Gasteiger partial charge in [0.2, 0.25) is 26.0 Å². The number of aryl methyl sites for hydroxylation is 2. The normalized spacial score (nSPS) is 15.7. The number of benzene rings is 2. The Kier molecular flexibility index (Phi) is 9.57. The molecule has 1 N–H and O–H groups in total. The number of ether oxygens (including phenoxy) is 2. The van der Waals surface area contributed by atoms with E-state index in [9.17, 15) is 21.6 Å². The van der Waals surface area contributed by atoms with Gasteiger partial charge in [-0.1, -0.05) is 13.0 Å². The quantitative estimate of drug-likeness (QED) is 0.423. The average Bonchev–Trinajstić information content (AvgIpc) is 2.84. The van der Waals surface area contributed by atoms with Crippen LogP contribution >= 0.6 is 0 Å². The second-order valence-corrected chi connectivity index (χ2v) is 12.8. The number of carbonyl (C=O) groups excluding carboxylic acids is 1. The third kappa shape index (κ3) is 7.44. The zero-order valence-corrected chi connectivity index (χ0v) is 23.3. The van der Waals surface area contributed by atoms with Crippen LogP contribution in [0.3, 0.4) is 0 Å². The van der Waals surface area contributed by atoms with Gasteiger partial charge in [-0.2, -0.15) is 4.31 Å². The lowest BCUT2D eigenvalue weighted by Gasteiger charge is -2.30. The van der Waals surface area contributed by atoms with Gasteiger partial charge in [0.25, 0.3) is 0 Å². The van der Waals surface area contributed by atoms with Crippen LogP contribution in [0.5, 0.6) is 5.75 Å². The number of morpholine rings is 1. The molecule has 1 aliphatic heterocycles. The van der Waals surface area contributed by atoms with Crippen LogP contribution in [0.1, 0.15) is 24.5 Å². The van der Waals surface area contributed by atoms with Crippen molar-refractivity contribution in [2.24, 2.45) is 0 Å². The molecule has 0 saturated carbocycles. The summed E-state index contributed by atoms with van der Waals surface area (Å²) in [6.07, 6.45) is 1.37. The molecule has 1 unspecified atom stereocenters. The van der Waals surface area contributed by atoms with Crippen LogP contribution in [0.2, 0.25) is 0 Å². The third-order valence-corrected chi connectivity index (χ3v) is 8.99. The predicted molar refractivity (Wildman–Crippen MR) is 142 cm³/mol. The molecule has 0 bridgehead atoms. The first kappa shape index (κ1) is 28.9. The van der Waals surface area contributed by atoms with Crippen LogP contribution in [0.25, 0.3) is 0 Å². The molecule has 1 saturated heterocycles. The Hall–Kier alpha value is -2.67. The van der Waals surface area contributed by atoms with Crippen molar-refractivity contribution in [3.05, 3.63) is 53.6 Å². The zero-order chi connectivity index (χ0) is 27.2. The Bertz CT molecular complexity index is 1270. The van der Waals surface area contributed by atoms with Gasteiger partial charge in [0.15, 0.2) is 0 Å². The van der Waals surface area contributed by atoms with E-state index in [1.165, 1.54) is 16.4 Å². The Morgan fingerprint density at radius 1 is 1.05 bits per heavy atom. The van der Waals surface area contributed by atoms with Crippen LogP contribution in [-0.4, -0.2) is 78.8 Å². The standard InChI is InChI=1S/C25H35N3O7S2/c1-5-24(28(36(4,30)31)21-17-19(2)16-20(3)18-21)25(29)26-10-13-35-22-6-8-23(9-7-22)37(32,33)27-11-14-34-15-12-27/h6-9,16-18,24H,5,10-15H2,1-4H3,(H,26,29). The lowest BCUT2D eigenvalue weighted by molar-refractivity contribution is -0.122. The minimum Gasteiger partial charge on any atom is -0.492 e. The molecule has 3 rings (SSSR count). The molecule has 0 aliphatic carbocycles. The number of nitrogens with one attached hydrogen (secondary N) is 1. The minimum atomic E-state index is -3.72. The molecule has 1 fully saturated rings. The Morgan fingerprint density at radius 3 is 2.19 bits per heavy atom. The molecule has 0 spiro atoms. The molecule has 10 nitrogen and oxygen atoms in total. The average molecular weight is 554 g/mol. The van der Waals surface area contributed by atoms with Crippen molar-refractivity contribution in [1.29, 1.82) is 0 Å². The highest BCUT2D eigenvalue weighted by molar-refractivity contribution is 7.92. The molecular weight excluding hydrogens is 518 g/mol. The number of rotatable bonds is 11. The summed E-state index contributed by atoms with van der Waals surface area (Å²) in [5.41, 5.74) is 2.25. The molecule has 204 valence electrons. The summed E-state index contributed by atoms with van der Waals surface area (Å²) in [5.74, 6) is 0.0258. The summed E-state index contributed by atoms with van der Waals surface area (Å²) in [4.78, 5) is 13.1. The van der Waals surface area contributed by atoms with Gasteiger partial charge in [-0.05, 0) is 67.8 Å². The lowest BCUT2D eigenvalue weighted by Crippen LogP contribution is -2.50. The molecule has 12 heteroatoms. The largest absolute Gasteiger partial charge is 0.492 e. The van der Waals surface area contributed by atoms with Crippen molar-refractivity contribution in [3.8, 4) is 5.75 Å². The fourth-order valence-corrected chi connectivity index (χ4v) is 6.85. The van der Waals surface area contributed by atoms with Crippen LogP contribution in [0.15, 0.2) is 47.4 Å². The van der Waals surface area contributed by atoms with E-state index in [-0.39, 0.29) is 24.5 Å². The number of carbonyl (C=O) groups is 1. The number of amides is 1. The summed E-state index contributed by atoms with van der Waals surface area (Å²) in [6, 6.07) is 10.6. The lowest BCUT2D eigenvalue weighted by atomic mass is 10.1. The summed E-state index contributed by atoms with van der Waals surface area (Å²) >= 11 is 0. The predicted octanol–water partition coefficient (Wildman–Crippen LogP) is 2.06. The molecule has 2 aromatic carbocycles. The highest BCUT2D eigenvalue weighted by Gasteiger charge is 2.31. The SMILES string of the molecule is CCC(C(=O)NCCOc1ccc(S(=O)(=O)N2CCOCC2)cc1)N(c1cc(C)cc(C)c1)S(C)(=O)=O. The maximum absolute atomic E-state index is 13.0. The third-order valence-electron chi connectivity index (χ3n) is 5.89. The van der Waals surface area contributed by atoms with Crippen LogP contribution in [-0.2, 0) is 29.6 Å². The van der Waals surface area contributed by atoms with Crippen molar-refractivity contribution in [3.63, 3.8) is 0 Å². The molecule has 2 aromatic rings. The van der Waals surface area contributed by atoms with Crippen molar-refractivity contribution in [2.45, 2.75) is 38.1 Å². The van der Waals surface area contributed by atoms with Gasteiger partial charge in [-0.15, -0.1) is 0 Å². The van der Waals surface area contributed by atoms with Gasteiger partial charge < -0.3 is 14.8 Å². The maximum Gasteiger partial charge on any atom is 0.244 e. The van der Waals surface area contributed by atoms with Gasteiger partial charge in [0.1, 0.15) is 18.4 Å². The second-order valence-electron chi connectivity index (χ2n) is 8.96. The number of hydrogen-bond donors (Lipinski definition) is 1. The molecule has 1 heterocycles. The van der Waals surface area contributed by atoms with Gasteiger partial charge >= 0.3 is 0 Å². The summed E-state index contributed by atoms with van der Waals surface area (Å²) in [5, 5.41) is 2.75. The number of nitrogens with zero attached hydrogens (tertiary/aromatic N) is 2. The Balaban J connectivity index is 1.59. The van der Waals surface area contributed by atoms with Crippen molar-refractivity contribution in [1.82, 2.24) is 9.62 Å². The number of anilines is 1. The van der Waals surface area contributed by atoms with E-state index in [4.69, 9.17) is 9.47 Å². The van der Waals surface area contributed by atoms with E-state index >= 15 is 0 Å². The molecule has 1 amide bonds. The van der Waals surface area contributed by atoms with Gasteiger partial charge in [-0.25, -0.2) is 16.8 Å². The zero-order valence-electron chi connectivity index (χ0n) is 21.6. The van der Waals surface area contributed by atoms with Crippen LogP contribution in [0, 0.1) is 13.8 Å². The highest BCUT2D eigenvalue weighted by atomic mass is 32.2. The fourth-order valence-electron chi connectivity index (χ4n) is 4.24. The van der Waals surface area contributed by atoms with E-state index in [2.05, 4.69) is 5.32 Å². The van der Waals surface area contributed by atoms with E-state index in [1.54, 1.807) is 31.2 Å². The van der Waals surface area contributed by atoms with E-state index in [0.717, 1.165) is 21.7 Å². The summed E-state index contributed by atoms with van der Waals surface area (Å²) < 4.78 is 64.2. The van der Waals surface area contributed by atoms with Gasteiger partial charge in [0, 0.05) is 13.1 Å². The number of hydrogen-bond acceptors (Lipinski definition) is 7. The Labute approximate surface area is 219 Å². The van der Waals surface area contributed by atoms with E-state index in [1.807, 2.05) is 19.9 Å².